The van der Waals surface area contributed by atoms with Gasteiger partial charge in [0, 0.05) is 30.0 Å². The number of sulfonamides is 1. The van der Waals surface area contributed by atoms with Crippen molar-refractivity contribution < 1.29 is 13.2 Å². The number of aromatic nitrogens is 1. The van der Waals surface area contributed by atoms with Crippen molar-refractivity contribution in [1.82, 2.24) is 8.87 Å². The second kappa shape index (κ2) is 7.84. The molecular formula is C18H20ClN3O4S. The van der Waals surface area contributed by atoms with E-state index in [-0.39, 0.29) is 11.4 Å². The van der Waals surface area contributed by atoms with Crippen molar-refractivity contribution in [3.63, 3.8) is 0 Å². The molecule has 2 aromatic rings. The van der Waals surface area contributed by atoms with Crippen LogP contribution in [0, 0.1) is 6.92 Å². The molecule has 9 heteroatoms. The van der Waals surface area contributed by atoms with Crippen LogP contribution in [0.3, 0.4) is 0 Å². The van der Waals surface area contributed by atoms with Gasteiger partial charge in [0.05, 0.1) is 0 Å². The monoisotopic (exact) mass is 409 g/mol. The molecule has 0 aliphatic carbocycles. The summed E-state index contributed by atoms with van der Waals surface area (Å²) in [5, 5.41) is 3.18. The molecule has 1 N–H and O–H groups in total. The van der Waals surface area contributed by atoms with Crippen molar-refractivity contribution in [2.45, 2.75) is 31.2 Å². The van der Waals surface area contributed by atoms with Crippen LogP contribution in [-0.2, 0) is 21.4 Å². The van der Waals surface area contributed by atoms with Gasteiger partial charge < -0.3 is 9.88 Å². The molecule has 2 heterocycles. The highest BCUT2D eigenvalue weighted by Crippen LogP contribution is 2.20. The number of anilines is 1. The van der Waals surface area contributed by atoms with Crippen LogP contribution in [0.1, 0.15) is 18.4 Å². The van der Waals surface area contributed by atoms with Gasteiger partial charge in [-0.05, 0) is 49.6 Å². The van der Waals surface area contributed by atoms with Gasteiger partial charge in [-0.25, -0.2) is 8.42 Å². The summed E-state index contributed by atoms with van der Waals surface area (Å²) in [6, 6.07) is 7.84. The minimum Gasteiger partial charge on any atom is -0.324 e. The summed E-state index contributed by atoms with van der Waals surface area (Å²) in [5.74, 6) is -0.446. The highest BCUT2D eigenvalue weighted by Gasteiger charge is 2.30. The molecular weight excluding hydrogens is 390 g/mol. The summed E-state index contributed by atoms with van der Waals surface area (Å²) in [6.45, 7) is 2.34. The van der Waals surface area contributed by atoms with Crippen molar-refractivity contribution in [3.8, 4) is 0 Å². The lowest BCUT2D eigenvalue weighted by Crippen LogP contribution is -2.36. The van der Waals surface area contributed by atoms with Crippen molar-refractivity contribution in [2.24, 2.45) is 0 Å². The van der Waals surface area contributed by atoms with Crippen molar-refractivity contribution in [3.05, 3.63) is 57.5 Å². The number of amides is 1. The maximum absolute atomic E-state index is 12.7. The Labute approximate surface area is 162 Å². The van der Waals surface area contributed by atoms with Crippen LogP contribution in [-0.4, -0.2) is 36.3 Å². The number of hydrogen-bond donors (Lipinski definition) is 1. The zero-order valence-corrected chi connectivity index (χ0v) is 16.4. The van der Waals surface area contributed by atoms with Crippen LogP contribution in [0.25, 0.3) is 0 Å². The average Bonchev–Trinajstić information content (AvgIpc) is 3.15. The molecule has 0 bridgehead atoms. The maximum atomic E-state index is 12.7. The number of nitrogens with one attached hydrogen (secondary N) is 1. The molecule has 0 spiro atoms. The van der Waals surface area contributed by atoms with E-state index in [9.17, 15) is 18.0 Å². The van der Waals surface area contributed by atoms with Gasteiger partial charge in [-0.1, -0.05) is 17.7 Å². The number of benzene rings is 1. The van der Waals surface area contributed by atoms with E-state index >= 15 is 0 Å². The molecule has 1 aliphatic heterocycles. The molecule has 1 saturated heterocycles. The molecule has 3 rings (SSSR count). The Bertz CT molecular complexity index is 1030. The molecule has 0 unspecified atom stereocenters. The van der Waals surface area contributed by atoms with E-state index in [0.29, 0.717) is 23.8 Å². The Kier molecular flexibility index (Phi) is 5.69. The zero-order chi connectivity index (χ0) is 19.6. The van der Waals surface area contributed by atoms with E-state index in [0.717, 1.165) is 23.0 Å². The quantitative estimate of drug-likeness (QED) is 0.820. The van der Waals surface area contributed by atoms with Crippen LogP contribution >= 0.6 is 11.6 Å². The van der Waals surface area contributed by atoms with Gasteiger partial charge in [-0.2, -0.15) is 4.31 Å². The van der Waals surface area contributed by atoms with Crippen LogP contribution in [0.15, 0.2) is 46.2 Å². The number of aryl methyl sites for hydroxylation is 1. The maximum Gasteiger partial charge on any atom is 0.271 e. The molecule has 27 heavy (non-hydrogen) atoms. The Morgan fingerprint density at radius 1 is 1.22 bits per heavy atom. The fourth-order valence-corrected chi connectivity index (χ4v) is 4.75. The number of nitrogens with zero attached hydrogens (tertiary/aromatic N) is 2. The van der Waals surface area contributed by atoms with Gasteiger partial charge in [-0.15, -0.1) is 0 Å². The Balaban J connectivity index is 1.83. The summed E-state index contributed by atoms with van der Waals surface area (Å²) in [6.07, 6.45) is 2.96. The first-order valence-corrected chi connectivity index (χ1v) is 10.4. The molecule has 144 valence electrons. The van der Waals surface area contributed by atoms with Gasteiger partial charge >= 0.3 is 0 Å². The largest absolute Gasteiger partial charge is 0.324 e. The molecule has 1 amide bonds. The molecule has 0 saturated carbocycles. The van der Waals surface area contributed by atoms with Crippen molar-refractivity contribution >= 4 is 33.2 Å². The third-order valence-electron chi connectivity index (χ3n) is 4.46. The Morgan fingerprint density at radius 3 is 2.63 bits per heavy atom. The molecule has 0 radical (unpaired) electrons. The van der Waals surface area contributed by atoms with E-state index in [4.69, 9.17) is 11.6 Å². The Hall–Kier alpha value is -2.16. The third-order valence-corrected chi connectivity index (χ3v) is 6.60. The van der Waals surface area contributed by atoms with E-state index < -0.39 is 21.5 Å². The first kappa shape index (κ1) is 19.6. The predicted octanol–water partition coefficient (Wildman–Crippen LogP) is 2.23. The van der Waals surface area contributed by atoms with Gasteiger partial charge in [0.2, 0.25) is 15.9 Å². The zero-order valence-electron chi connectivity index (χ0n) is 14.8. The second-order valence-corrected chi connectivity index (χ2v) is 8.77. The van der Waals surface area contributed by atoms with E-state index in [1.54, 1.807) is 18.2 Å². The van der Waals surface area contributed by atoms with Gasteiger partial charge in [-0.3, -0.25) is 9.59 Å². The molecule has 7 nitrogen and oxygen atoms in total. The van der Waals surface area contributed by atoms with Crippen LogP contribution in [0.2, 0.25) is 5.02 Å². The smallest absolute Gasteiger partial charge is 0.271 e. The number of carbonyl (C=O) groups excluding carboxylic acids is 1. The fraction of sp³-hybridized carbons (Fsp3) is 0.333. The van der Waals surface area contributed by atoms with Gasteiger partial charge in [0.1, 0.15) is 11.4 Å². The topological polar surface area (TPSA) is 88.5 Å². The lowest BCUT2D eigenvalue weighted by atomic mass is 10.2. The lowest BCUT2D eigenvalue weighted by molar-refractivity contribution is -0.116. The highest BCUT2D eigenvalue weighted by molar-refractivity contribution is 7.89. The first-order chi connectivity index (χ1) is 12.8. The van der Waals surface area contributed by atoms with Gasteiger partial charge in [0.15, 0.2) is 0 Å². The van der Waals surface area contributed by atoms with E-state index in [1.807, 2.05) is 6.92 Å². The molecule has 1 fully saturated rings. The van der Waals surface area contributed by atoms with Crippen molar-refractivity contribution in [2.75, 3.05) is 18.4 Å². The second-order valence-electron chi connectivity index (χ2n) is 6.42. The van der Waals surface area contributed by atoms with Crippen molar-refractivity contribution in [1.29, 1.82) is 0 Å². The number of hydrogen-bond acceptors (Lipinski definition) is 4. The molecule has 0 atom stereocenters. The third kappa shape index (κ3) is 4.23. The SMILES string of the molecule is Cc1ccc(Cl)cc1NC(=O)Cn1cccc(S(=O)(=O)N2CCCC2)c1=O. The van der Waals surface area contributed by atoms with Crippen LogP contribution in [0.5, 0.6) is 0 Å². The number of halogens is 1. The van der Waals surface area contributed by atoms with Crippen LogP contribution < -0.4 is 10.9 Å². The van der Waals surface area contributed by atoms with Gasteiger partial charge in [0.25, 0.3) is 5.56 Å². The standard InChI is InChI=1S/C18H20ClN3O4S/c1-13-6-7-14(19)11-15(13)20-17(23)12-21-8-4-5-16(18(21)24)27(25,26)22-9-2-3-10-22/h4-8,11H,2-3,9-10,12H2,1H3,(H,20,23). The number of pyridine rings is 1. The summed E-state index contributed by atoms with van der Waals surface area (Å²) < 4.78 is 27.7. The van der Waals surface area contributed by atoms with E-state index in [2.05, 4.69) is 5.32 Å². The normalized spacial score (nSPS) is 15.0. The summed E-state index contributed by atoms with van der Waals surface area (Å²) >= 11 is 5.94. The number of carbonyl (C=O) groups is 1. The molecule has 1 aliphatic rings. The number of rotatable bonds is 5. The Morgan fingerprint density at radius 2 is 1.93 bits per heavy atom. The molecule has 1 aromatic carbocycles. The summed E-state index contributed by atoms with van der Waals surface area (Å²) in [5.41, 5.74) is 0.661. The fourth-order valence-electron chi connectivity index (χ4n) is 2.98. The highest BCUT2D eigenvalue weighted by atomic mass is 35.5. The molecule has 1 aromatic heterocycles. The lowest BCUT2D eigenvalue weighted by Gasteiger charge is -2.16. The average molecular weight is 410 g/mol. The minimum atomic E-state index is -3.85. The van der Waals surface area contributed by atoms with E-state index in [1.165, 1.54) is 22.6 Å². The summed E-state index contributed by atoms with van der Waals surface area (Å²) in [7, 11) is -3.85. The van der Waals surface area contributed by atoms with Crippen LogP contribution in [0.4, 0.5) is 5.69 Å². The summed E-state index contributed by atoms with van der Waals surface area (Å²) in [4.78, 5) is 24.7. The minimum absolute atomic E-state index is 0.297. The predicted molar refractivity (Wildman–Crippen MR) is 104 cm³/mol. The first-order valence-electron chi connectivity index (χ1n) is 8.54.